The number of nitrogens with one attached hydrogen (secondary N) is 1. The first-order chi connectivity index (χ1) is 11.0. The van der Waals surface area contributed by atoms with E-state index in [0.717, 1.165) is 31.2 Å². The largest absolute Gasteiger partial charge is 1.00 e. The molecule has 1 atom stereocenters. The number of benzene rings is 1. The van der Waals surface area contributed by atoms with Gasteiger partial charge >= 0.3 is 29.6 Å². The second-order valence-electron chi connectivity index (χ2n) is 6.93. The number of carbonyl (C=O) groups is 2. The second-order valence-corrected chi connectivity index (χ2v) is 6.93. The molecule has 5 heteroatoms. The van der Waals surface area contributed by atoms with Crippen molar-refractivity contribution in [2.24, 2.45) is 17.8 Å². The molecule has 0 aliphatic heterocycles. The number of carboxylic acid groups (broad SMARTS) is 1. The number of amides is 1. The molecule has 1 N–H and O–H groups in total. The average molecular weight is 339 g/mol. The van der Waals surface area contributed by atoms with E-state index < -0.39 is 12.0 Å². The molecule has 0 saturated heterocycles. The van der Waals surface area contributed by atoms with Crippen molar-refractivity contribution in [1.82, 2.24) is 5.32 Å². The molecule has 1 aromatic carbocycles. The van der Waals surface area contributed by atoms with Crippen LogP contribution >= 0.6 is 0 Å². The van der Waals surface area contributed by atoms with E-state index in [9.17, 15) is 14.7 Å². The molecular weight excluding hydrogens is 313 g/mol. The van der Waals surface area contributed by atoms with Crippen molar-refractivity contribution in [2.75, 3.05) is 0 Å². The summed E-state index contributed by atoms with van der Waals surface area (Å²) in [7, 11) is 0. The molecule has 1 aliphatic carbocycles. The maximum absolute atomic E-state index is 12.4. The Bertz CT molecular complexity index is 525. The topological polar surface area (TPSA) is 69.2 Å². The molecule has 1 aromatic rings. The Morgan fingerprint density at radius 2 is 1.71 bits per heavy atom. The molecule has 0 bridgehead atoms. The Morgan fingerprint density at radius 1 is 1.12 bits per heavy atom. The van der Waals surface area contributed by atoms with Gasteiger partial charge in [0.05, 0.1) is 12.0 Å². The van der Waals surface area contributed by atoms with E-state index in [0.29, 0.717) is 11.8 Å². The Labute approximate surface area is 166 Å². The standard InChI is InChI=1S/C19H27NO3.Na/c1-13(2)15-8-10-16(11-9-15)18(21)20-17(19(22)23)12-14-6-4-3-5-7-14;/h3-7,13,15-17H,8-12H2,1-2H3,(H,20,21)(H,22,23);/q;+1/p-1. The first kappa shape index (κ1) is 21.2. The third-order valence-corrected chi connectivity index (χ3v) is 4.97. The number of carboxylic acids is 1. The van der Waals surface area contributed by atoms with E-state index in [2.05, 4.69) is 19.2 Å². The predicted molar refractivity (Wildman–Crippen MR) is 87.4 cm³/mol. The Hall–Kier alpha value is -0.840. The molecule has 1 fully saturated rings. The summed E-state index contributed by atoms with van der Waals surface area (Å²) in [6.45, 7) is 4.44. The van der Waals surface area contributed by atoms with Gasteiger partial charge in [-0.3, -0.25) is 4.79 Å². The maximum Gasteiger partial charge on any atom is 1.00 e. The van der Waals surface area contributed by atoms with Gasteiger partial charge in [-0.15, -0.1) is 0 Å². The van der Waals surface area contributed by atoms with Crippen molar-refractivity contribution in [2.45, 2.75) is 52.0 Å². The van der Waals surface area contributed by atoms with Gasteiger partial charge in [-0.2, -0.15) is 0 Å². The van der Waals surface area contributed by atoms with Gasteiger partial charge in [-0.25, -0.2) is 0 Å². The van der Waals surface area contributed by atoms with Gasteiger partial charge < -0.3 is 15.2 Å². The molecule has 126 valence electrons. The average Bonchev–Trinajstić information content (AvgIpc) is 2.55. The van der Waals surface area contributed by atoms with Gasteiger partial charge in [0.2, 0.25) is 5.91 Å². The fourth-order valence-corrected chi connectivity index (χ4v) is 3.38. The van der Waals surface area contributed by atoms with Crippen molar-refractivity contribution in [3.05, 3.63) is 35.9 Å². The van der Waals surface area contributed by atoms with E-state index >= 15 is 0 Å². The summed E-state index contributed by atoms with van der Waals surface area (Å²) < 4.78 is 0. The normalized spacial score (nSPS) is 21.6. The van der Waals surface area contributed by atoms with Crippen LogP contribution in [0.3, 0.4) is 0 Å². The first-order valence-electron chi connectivity index (χ1n) is 8.52. The molecule has 0 aromatic heterocycles. The van der Waals surface area contributed by atoms with Crippen LogP contribution in [0.5, 0.6) is 0 Å². The minimum atomic E-state index is -1.22. The van der Waals surface area contributed by atoms with Crippen LogP contribution in [0.2, 0.25) is 0 Å². The van der Waals surface area contributed by atoms with Crippen molar-refractivity contribution >= 4 is 11.9 Å². The SMILES string of the molecule is CC(C)C1CCC(C(=O)NC(Cc2ccccc2)C(=O)[O-])CC1.[Na+]. The molecule has 2 rings (SSSR count). The number of hydrogen-bond donors (Lipinski definition) is 1. The Morgan fingerprint density at radius 3 is 2.21 bits per heavy atom. The Balaban J connectivity index is 0.00000288. The number of carbonyl (C=O) groups excluding carboxylic acids is 2. The number of aliphatic carboxylic acids is 1. The minimum Gasteiger partial charge on any atom is -0.548 e. The molecule has 1 amide bonds. The van der Waals surface area contributed by atoms with Gasteiger partial charge in [0, 0.05) is 5.92 Å². The summed E-state index contributed by atoms with van der Waals surface area (Å²) in [6.07, 6.45) is 4.05. The third-order valence-electron chi connectivity index (χ3n) is 4.97. The summed E-state index contributed by atoms with van der Waals surface area (Å²) in [4.78, 5) is 23.7. The molecule has 24 heavy (non-hydrogen) atoms. The number of hydrogen-bond acceptors (Lipinski definition) is 3. The fraction of sp³-hybridized carbons (Fsp3) is 0.579. The molecule has 1 aliphatic rings. The molecule has 1 saturated carbocycles. The predicted octanol–water partition coefficient (Wildman–Crippen LogP) is -1.07. The van der Waals surface area contributed by atoms with E-state index in [-0.39, 0.29) is 47.8 Å². The van der Waals surface area contributed by atoms with Crippen molar-refractivity contribution < 1.29 is 44.3 Å². The van der Waals surface area contributed by atoms with Crippen molar-refractivity contribution in [1.29, 1.82) is 0 Å². The second kappa shape index (κ2) is 10.2. The Kier molecular flexibility index (Phi) is 9.03. The summed E-state index contributed by atoms with van der Waals surface area (Å²) in [6, 6.07) is 8.34. The van der Waals surface area contributed by atoms with Crippen LogP contribution in [-0.4, -0.2) is 17.9 Å². The quantitative estimate of drug-likeness (QED) is 0.671. The van der Waals surface area contributed by atoms with Crippen LogP contribution in [0.1, 0.15) is 45.1 Å². The van der Waals surface area contributed by atoms with Gasteiger partial charge in [0.25, 0.3) is 0 Å². The molecule has 0 spiro atoms. The maximum atomic E-state index is 12.4. The zero-order chi connectivity index (χ0) is 16.8. The van der Waals surface area contributed by atoms with Crippen molar-refractivity contribution in [3.63, 3.8) is 0 Å². The summed E-state index contributed by atoms with van der Waals surface area (Å²) >= 11 is 0. The minimum absolute atomic E-state index is 0. The monoisotopic (exact) mass is 339 g/mol. The zero-order valence-corrected chi connectivity index (χ0v) is 17.0. The van der Waals surface area contributed by atoms with Gasteiger partial charge in [-0.1, -0.05) is 44.2 Å². The molecule has 0 radical (unpaired) electrons. The summed E-state index contributed by atoms with van der Waals surface area (Å²) in [5.74, 6) is -0.105. The summed E-state index contributed by atoms with van der Waals surface area (Å²) in [5, 5.41) is 14.0. The first-order valence-corrected chi connectivity index (χ1v) is 8.52. The van der Waals surface area contributed by atoms with E-state index in [1.165, 1.54) is 0 Å². The zero-order valence-electron chi connectivity index (χ0n) is 15.0. The van der Waals surface area contributed by atoms with Crippen LogP contribution in [-0.2, 0) is 16.0 Å². The van der Waals surface area contributed by atoms with Gasteiger partial charge in [0.1, 0.15) is 0 Å². The smallest absolute Gasteiger partial charge is 0.548 e. The van der Waals surface area contributed by atoms with Crippen LogP contribution in [0.25, 0.3) is 0 Å². The van der Waals surface area contributed by atoms with E-state index in [4.69, 9.17) is 0 Å². The molecular formula is C19H26NNaO3. The summed E-state index contributed by atoms with van der Waals surface area (Å²) in [5.41, 5.74) is 0.880. The van der Waals surface area contributed by atoms with Crippen molar-refractivity contribution in [3.8, 4) is 0 Å². The van der Waals surface area contributed by atoms with E-state index in [1.54, 1.807) is 0 Å². The van der Waals surface area contributed by atoms with Gasteiger partial charge in [-0.05, 0) is 49.5 Å². The van der Waals surface area contributed by atoms with Crippen LogP contribution in [0, 0.1) is 17.8 Å². The molecule has 0 heterocycles. The van der Waals surface area contributed by atoms with Crippen LogP contribution < -0.4 is 40.0 Å². The van der Waals surface area contributed by atoms with Crippen LogP contribution in [0.4, 0.5) is 0 Å². The van der Waals surface area contributed by atoms with E-state index in [1.807, 2.05) is 30.3 Å². The third kappa shape index (κ3) is 6.23. The molecule has 1 unspecified atom stereocenters. The fourth-order valence-electron chi connectivity index (χ4n) is 3.38. The number of rotatable bonds is 6. The van der Waals surface area contributed by atoms with Crippen LogP contribution in [0.15, 0.2) is 30.3 Å². The molecule has 4 nitrogen and oxygen atoms in total. The van der Waals surface area contributed by atoms with Gasteiger partial charge in [0.15, 0.2) is 0 Å².